The number of anilines is 1. The number of amides is 1. The Bertz CT molecular complexity index is 1110. The summed E-state index contributed by atoms with van der Waals surface area (Å²) in [5, 5.41) is 21.3. The van der Waals surface area contributed by atoms with Crippen molar-refractivity contribution in [3.8, 4) is 0 Å². The van der Waals surface area contributed by atoms with Crippen LogP contribution < -0.4 is 5.32 Å². The zero-order valence-corrected chi connectivity index (χ0v) is 16.1. The van der Waals surface area contributed by atoms with E-state index in [0.717, 1.165) is 4.68 Å². The van der Waals surface area contributed by atoms with Crippen LogP contribution in [0.4, 0.5) is 24.5 Å². The molecule has 0 atom stereocenters. The molecule has 0 saturated carbocycles. The van der Waals surface area contributed by atoms with Crippen molar-refractivity contribution in [3.63, 3.8) is 0 Å². The predicted molar refractivity (Wildman–Crippen MR) is 99.9 cm³/mol. The van der Waals surface area contributed by atoms with Gasteiger partial charge >= 0.3 is 5.69 Å². The second-order valence-corrected chi connectivity index (χ2v) is 6.65. The summed E-state index contributed by atoms with van der Waals surface area (Å²) in [4.78, 5) is 22.3. The molecule has 0 saturated heterocycles. The summed E-state index contributed by atoms with van der Waals surface area (Å²) in [5.74, 6) is -1.11. The number of hydrogen-bond acceptors (Lipinski definition) is 5. The Kier molecular flexibility index (Phi) is 6.06. The first-order valence-electron chi connectivity index (χ1n) is 8.41. The molecule has 3 rings (SSSR count). The van der Waals surface area contributed by atoms with Crippen LogP contribution in [0.1, 0.15) is 23.4 Å². The van der Waals surface area contributed by atoms with Gasteiger partial charge in [0.15, 0.2) is 0 Å². The highest BCUT2D eigenvalue weighted by Crippen LogP contribution is 2.30. The van der Waals surface area contributed by atoms with Gasteiger partial charge in [0.25, 0.3) is 6.43 Å². The van der Waals surface area contributed by atoms with Gasteiger partial charge in [-0.05, 0) is 24.6 Å². The lowest BCUT2D eigenvalue weighted by atomic mass is 10.2. The van der Waals surface area contributed by atoms with Gasteiger partial charge in [-0.3, -0.25) is 24.3 Å². The molecule has 0 aliphatic heterocycles. The molecule has 13 heteroatoms. The van der Waals surface area contributed by atoms with E-state index >= 15 is 0 Å². The van der Waals surface area contributed by atoms with E-state index in [1.54, 1.807) is 0 Å². The van der Waals surface area contributed by atoms with Crippen LogP contribution in [0.3, 0.4) is 0 Å². The van der Waals surface area contributed by atoms with Gasteiger partial charge in [-0.1, -0.05) is 17.7 Å². The Morgan fingerprint density at radius 1 is 1.40 bits per heavy atom. The minimum Gasteiger partial charge on any atom is -0.322 e. The molecule has 0 radical (unpaired) electrons. The molecule has 30 heavy (non-hydrogen) atoms. The summed E-state index contributed by atoms with van der Waals surface area (Å²) >= 11 is 5.97. The van der Waals surface area contributed by atoms with E-state index in [9.17, 15) is 28.1 Å². The molecule has 0 spiro atoms. The Labute approximate surface area is 172 Å². The molecular weight excluding hydrogens is 429 g/mol. The molecule has 158 valence electrons. The van der Waals surface area contributed by atoms with Gasteiger partial charge in [-0.15, -0.1) is 0 Å². The number of carbonyl (C=O) groups excluding carboxylic acids is 1. The number of hydrogen-bond donors (Lipinski definition) is 1. The topological polar surface area (TPSA) is 108 Å². The maximum Gasteiger partial charge on any atom is 0.319 e. The summed E-state index contributed by atoms with van der Waals surface area (Å²) in [6.07, 6.45) is -0.316. The van der Waals surface area contributed by atoms with Crippen molar-refractivity contribution in [2.24, 2.45) is 0 Å². The molecule has 3 aromatic rings. The quantitative estimate of drug-likeness (QED) is 0.443. The lowest BCUT2D eigenvalue weighted by Crippen LogP contribution is -2.20. The van der Waals surface area contributed by atoms with Crippen molar-refractivity contribution in [2.75, 3.05) is 5.32 Å². The molecule has 1 aromatic carbocycles. The Hall–Kier alpha value is -3.41. The first-order chi connectivity index (χ1) is 14.2. The minimum absolute atomic E-state index is 0.160. The summed E-state index contributed by atoms with van der Waals surface area (Å²) < 4.78 is 41.4. The van der Waals surface area contributed by atoms with E-state index in [1.165, 1.54) is 42.2 Å². The average molecular weight is 443 g/mol. The first-order valence-corrected chi connectivity index (χ1v) is 8.79. The highest BCUT2D eigenvalue weighted by atomic mass is 35.5. The number of alkyl halides is 2. The molecule has 0 unspecified atom stereocenters. The minimum atomic E-state index is -3.15. The van der Waals surface area contributed by atoms with Crippen molar-refractivity contribution < 1.29 is 22.9 Å². The van der Waals surface area contributed by atoms with Gasteiger partial charge in [0.2, 0.25) is 11.6 Å². The number of nitro groups is 1. The summed E-state index contributed by atoms with van der Waals surface area (Å²) in [5.41, 5.74) is -1.06. The number of nitrogens with zero attached hydrogens (tertiary/aromatic N) is 5. The highest BCUT2D eigenvalue weighted by Gasteiger charge is 2.31. The highest BCUT2D eigenvalue weighted by molar-refractivity contribution is 6.31. The molecule has 9 nitrogen and oxygen atoms in total. The van der Waals surface area contributed by atoms with Crippen molar-refractivity contribution in [1.82, 2.24) is 19.6 Å². The van der Waals surface area contributed by atoms with E-state index < -0.39 is 41.0 Å². The molecule has 2 aromatic heterocycles. The van der Waals surface area contributed by atoms with E-state index in [-0.39, 0.29) is 17.3 Å². The van der Waals surface area contributed by atoms with E-state index in [0.29, 0.717) is 11.3 Å². The zero-order chi connectivity index (χ0) is 22.0. The van der Waals surface area contributed by atoms with Gasteiger partial charge in [-0.25, -0.2) is 13.2 Å². The smallest absolute Gasteiger partial charge is 0.319 e. The second-order valence-electron chi connectivity index (χ2n) is 6.25. The fourth-order valence-electron chi connectivity index (χ4n) is 2.76. The number of carbonyl (C=O) groups is 1. The van der Waals surface area contributed by atoms with Gasteiger partial charge in [0.1, 0.15) is 18.1 Å². The van der Waals surface area contributed by atoms with Crippen molar-refractivity contribution in [3.05, 3.63) is 68.5 Å². The van der Waals surface area contributed by atoms with Crippen molar-refractivity contribution in [2.45, 2.75) is 26.4 Å². The summed E-state index contributed by atoms with van der Waals surface area (Å²) in [7, 11) is 0. The molecule has 0 aliphatic carbocycles. The fourth-order valence-corrected chi connectivity index (χ4v) is 2.99. The third-order valence-electron chi connectivity index (χ3n) is 4.15. The third kappa shape index (κ3) is 4.59. The number of rotatable bonds is 7. The lowest BCUT2D eigenvalue weighted by Gasteiger charge is -2.05. The molecule has 1 N–H and O–H groups in total. The van der Waals surface area contributed by atoms with Gasteiger partial charge in [0.05, 0.1) is 23.4 Å². The van der Waals surface area contributed by atoms with E-state index in [2.05, 4.69) is 15.5 Å². The monoisotopic (exact) mass is 442 g/mol. The van der Waals surface area contributed by atoms with Gasteiger partial charge in [-0.2, -0.15) is 10.2 Å². The second kappa shape index (κ2) is 8.53. The summed E-state index contributed by atoms with van der Waals surface area (Å²) in [6.45, 7) is 0.945. The van der Waals surface area contributed by atoms with Crippen LogP contribution in [-0.4, -0.2) is 30.4 Å². The number of halogens is 4. The molecule has 0 aliphatic rings. The standard InChI is InChI=1S/C17H14ClF3N6O3/c1-9-16(27(29)30)15(17(20)21)24-26(9)8-14(28)23-12-5-22-25(7-12)6-10-2-3-11(19)4-13(10)18/h2-5,7,17H,6,8H2,1H3,(H,23,28). The van der Waals surface area contributed by atoms with Crippen LogP contribution >= 0.6 is 11.6 Å². The zero-order valence-electron chi connectivity index (χ0n) is 15.4. The maximum atomic E-state index is 13.1. The van der Waals surface area contributed by atoms with Crippen molar-refractivity contribution in [1.29, 1.82) is 0 Å². The van der Waals surface area contributed by atoms with E-state index in [1.807, 2.05) is 0 Å². The molecule has 2 heterocycles. The molecule has 1 amide bonds. The van der Waals surface area contributed by atoms with Crippen LogP contribution in [-0.2, 0) is 17.9 Å². The SMILES string of the molecule is Cc1c([N+](=O)[O-])c(C(F)F)nn1CC(=O)Nc1cnn(Cc2ccc(F)cc2Cl)c1. The largest absolute Gasteiger partial charge is 0.322 e. The fraction of sp³-hybridized carbons (Fsp3) is 0.235. The number of nitrogens with one attached hydrogen (secondary N) is 1. The van der Waals surface area contributed by atoms with Crippen LogP contribution in [0.5, 0.6) is 0 Å². The third-order valence-corrected chi connectivity index (χ3v) is 4.50. The predicted octanol–water partition coefficient (Wildman–Crippen LogP) is 3.71. The molecule has 0 bridgehead atoms. The van der Waals surface area contributed by atoms with Crippen molar-refractivity contribution >= 4 is 28.9 Å². The average Bonchev–Trinajstić information content (AvgIpc) is 3.22. The first kappa shape index (κ1) is 21.3. The lowest BCUT2D eigenvalue weighted by molar-refractivity contribution is -0.386. The number of benzene rings is 1. The molecular formula is C17H14ClF3N6O3. The molecule has 0 fully saturated rings. The van der Waals surface area contributed by atoms with Crippen LogP contribution in [0, 0.1) is 22.9 Å². The maximum absolute atomic E-state index is 13.1. The Balaban J connectivity index is 1.69. The number of aromatic nitrogens is 4. The van der Waals surface area contributed by atoms with Gasteiger partial charge in [0, 0.05) is 11.2 Å². The van der Waals surface area contributed by atoms with Crippen LogP contribution in [0.15, 0.2) is 30.6 Å². The van der Waals surface area contributed by atoms with Crippen LogP contribution in [0.25, 0.3) is 0 Å². The van der Waals surface area contributed by atoms with E-state index in [4.69, 9.17) is 11.6 Å². The van der Waals surface area contributed by atoms with Gasteiger partial charge < -0.3 is 5.32 Å². The summed E-state index contributed by atoms with van der Waals surface area (Å²) in [6, 6.07) is 3.93. The Morgan fingerprint density at radius 2 is 2.13 bits per heavy atom. The van der Waals surface area contributed by atoms with Crippen LogP contribution in [0.2, 0.25) is 5.02 Å². The normalized spacial score (nSPS) is 11.1. The Morgan fingerprint density at radius 3 is 2.73 bits per heavy atom.